The zero-order valence-electron chi connectivity index (χ0n) is 16.1. The van der Waals surface area contributed by atoms with Crippen LogP contribution >= 0.6 is 0 Å². The second kappa shape index (κ2) is 7.47. The van der Waals surface area contributed by atoms with E-state index in [9.17, 15) is 4.79 Å². The molecule has 28 heavy (non-hydrogen) atoms. The third-order valence-electron chi connectivity index (χ3n) is 6.09. The number of benzene rings is 2. The smallest absolute Gasteiger partial charge is 0.237 e. The summed E-state index contributed by atoms with van der Waals surface area (Å²) in [7, 11) is 0. The average molecular weight is 378 g/mol. The molecular formula is C23H26N2O3. The van der Waals surface area contributed by atoms with Crippen molar-refractivity contribution >= 4 is 5.91 Å². The summed E-state index contributed by atoms with van der Waals surface area (Å²) in [4.78, 5) is 17.5. The Kier molecular flexibility index (Phi) is 4.69. The van der Waals surface area contributed by atoms with Crippen LogP contribution in [0.25, 0.3) is 0 Å². The van der Waals surface area contributed by atoms with E-state index in [0.717, 1.165) is 56.0 Å². The predicted molar refractivity (Wildman–Crippen MR) is 107 cm³/mol. The highest BCUT2D eigenvalue weighted by Crippen LogP contribution is 2.38. The predicted octanol–water partition coefficient (Wildman–Crippen LogP) is 3.18. The van der Waals surface area contributed by atoms with Crippen molar-refractivity contribution in [2.45, 2.75) is 31.8 Å². The molecule has 5 heteroatoms. The third kappa shape index (κ3) is 3.35. The van der Waals surface area contributed by atoms with E-state index in [4.69, 9.17) is 9.47 Å². The van der Waals surface area contributed by atoms with Crippen molar-refractivity contribution in [2.24, 2.45) is 0 Å². The molecule has 1 saturated heterocycles. The first-order valence-electron chi connectivity index (χ1n) is 10.3. The fourth-order valence-corrected chi connectivity index (χ4v) is 4.65. The van der Waals surface area contributed by atoms with Gasteiger partial charge in [-0.25, -0.2) is 0 Å². The minimum Gasteiger partial charge on any atom is -0.486 e. The van der Waals surface area contributed by atoms with Crippen LogP contribution in [0.3, 0.4) is 0 Å². The van der Waals surface area contributed by atoms with Crippen LogP contribution < -0.4 is 9.47 Å². The van der Waals surface area contributed by atoms with Gasteiger partial charge in [0.15, 0.2) is 11.5 Å². The fraction of sp³-hybridized carbons (Fsp3) is 0.435. The van der Waals surface area contributed by atoms with E-state index >= 15 is 0 Å². The van der Waals surface area contributed by atoms with E-state index in [1.807, 2.05) is 6.07 Å². The minimum absolute atomic E-state index is 0.139. The fourth-order valence-electron chi connectivity index (χ4n) is 4.65. The number of carbonyl (C=O) groups is 1. The lowest BCUT2D eigenvalue weighted by molar-refractivity contribution is -0.133. The van der Waals surface area contributed by atoms with Gasteiger partial charge >= 0.3 is 0 Å². The van der Waals surface area contributed by atoms with E-state index in [1.54, 1.807) is 0 Å². The van der Waals surface area contributed by atoms with Crippen LogP contribution in [0.1, 0.15) is 35.6 Å². The number of ether oxygens (including phenoxy) is 2. The average Bonchev–Trinajstić information content (AvgIpc) is 3.23. The number of hydrogen-bond donors (Lipinski definition) is 0. The molecule has 1 atom stereocenters. The van der Waals surface area contributed by atoms with E-state index < -0.39 is 0 Å². The molecule has 2 aromatic rings. The topological polar surface area (TPSA) is 42.0 Å². The quantitative estimate of drug-likeness (QED) is 0.823. The Morgan fingerprint density at radius 3 is 2.71 bits per heavy atom. The Balaban J connectivity index is 1.28. The van der Waals surface area contributed by atoms with E-state index in [1.165, 1.54) is 11.1 Å². The van der Waals surface area contributed by atoms with Gasteiger partial charge in [0, 0.05) is 19.6 Å². The number of carbonyl (C=O) groups excluding carboxylic acids is 1. The molecule has 1 amide bonds. The molecule has 3 heterocycles. The normalized spacial score (nSPS) is 21.4. The molecule has 0 saturated carbocycles. The van der Waals surface area contributed by atoms with Gasteiger partial charge in [-0.1, -0.05) is 30.3 Å². The molecule has 146 valence electrons. The van der Waals surface area contributed by atoms with Crippen LogP contribution in [-0.4, -0.2) is 48.6 Å². The summed E-state index contributed by atoms with van der Waals surface area (Å²) in [5.41, 5.74) is 3.92. The molecule has 0 aromatic heterocycles. The van der Waals surface area contributed by atoms with Crippen LogP contribution in [0, 0.1) is 0 Å². The first kappa shape index (κ1) is 17.6. The summed E-state index contributed by atoms with van der Waals surface area (Å²) in [5, 5.41) is 0. The lowest BCUT2D eigenvalue weighted by Crippen LogP contribution is -2.42. The third-order valence-corrected chi connectivity index (χ3v) is 6.09. The summed E-state index contributed by atoms with van der Waals surface area (Å²) in [6.07, 6.45) is 3.08. The second-order valence-electron chi connectivity index (χ2n) is 7.88. The van der Waals surface area contributed by atoms with Crippen LogP contribution in [-0.2, 0) is 17.8 Å². The summed E-state index contributed by atoms with van der Waals surface area (Å²) >= 11 is 0. The highest BCUT2D eigenvalue weighted by atomic mass is 16.6. The van der Waals surface area contributed by atoms with Gasteiger partial charge in [0.2, 0.25) is 5.91 Å². The number of fused-ring (bicyclic) bond motifs is 2. The van der Waals surface area contributed by atoms with Gasteiger partial charge < -0.3 is 14.4 Å². The Hall–Kier alpha value is -2.53. The second-order valence-corrected chi connectivity index (χ2v) is 7.88. The van der Waals surface area contributed by atoms with Gasteiger partial charge in [0.25, 0.3) is 0 Å². The number of likely N-dealkylation sites (tertiary alicyclic amines) is 1. The molecule has 5 rings (SSSR count). The van der Waals surface area contributed by atoms with E-state index in [2.05, 4.69) is 46.2 Å². The van der Waals surface area contributed by atoms with E-state index in [-0.39, 0.29) is 11.9 Å². The van der Waals surface area contributed by atoms with Gasteiger partial charge in [-0.3, -0.25) is 9.69 Å². The molecule has 0 spiro atoms. The van der Waals surface area contributed by atoms with Gasteiger partial charge in [-0.2, -0.15) is 0 Å². The van der Waals surface area contributed by atoms with Crippen molar-refractivity contribution in [1.29, 1.82) is 0 Å². The molecule has 0 bridgehead atoms. The largest absolute Gasteiger partial charge is 0.486 e. The zero-order chi connectivity index (χ0) is 18.9. The molecule has 0 radical (unpaired) electrons. The molecule has 1 fully saturated rings. The zero-order valence-corrected chi connectivity index (χ0v) is 16.1. The van der Waals surface area contributed by atoms with Gasteiger partial charge in [-0.05, 0) is 48.1 Å². The number of hydrogen-bond acceptors (Lipinski definition) is 4. The standard InChI is InChI=1S/C23H26N2O3/c26-23(16-24-11-9-17-4-1-2-5-19(17)15-24)25-10-3-6-20(25)18-7-8-21-22(14-18)28-13-12-27-21/h1-2,4-5,7-8,14,20H,3,6,9-13,15-16H2/t20-/m0/s1. The maximum absolute atomic E-state index is 13.1. The van der Waals surface area contributed by atoms with Gasteiger partial charge in [0.05, 0.1) is 12.6 Å². The van der Waals surface area contributed by atoms with Crippen molar-refractivity contribution in [2.75, 3.05) is 32.8 Å². The summed E-state index contributed by atoms with van der Waals surface area (Å²) in [6.45, 7) is 4.33. The van der Waals surface area contributed by atoms with E-state index in [0.29, 0.717) is 19.8 Å². The molecule has 2 aromatic carbocycles. The summed E-state index contributed by atoms with van der Waals surface area (Å²) < 4.78 is 11.4. The molecule has 0 unspecified atom stereocenters. The molecular weight excluding hydrogens is 352 g/mol. The highest BCUT2D eigenvalue weighted by molar-refractivity contribution is 5.79. The minimum atomic E-state index is 0.139. The summed E-state index contributed by atoms with van der Waals surface area (Å²) in [6, 6.07) is 14.8. The maximum Gasteiger partial charge on any atom is 0.237 e. The van der Waals surface area contributed by atoms with Crippen LogP contribution in [0.5, 0.6) is 11.5 Å². The van der Waals surface area contributed by atoms with Gasteiger partial charge in [-0.15, -0.1) is 0 Å². The highest BCUT2D eigenvalue weighted by Gasteiger charge is 2.32. The number of rotatable bonds is 3. The van der Waals surface area contributed by atoms with Crippen LogP contribution in [0.15, 0.2) is 42.5 Å². The van der Waals surface area contributed by atoms with Crippen molar-refractivity contribution in [1.82, 2.24) is 9.80 Å². The first-order valence-corrected chi connectivity index (χ1v) is 10.3. The molecule has 3 aliphatic rings. The Labute approximate surface area is 165 Å². The number of nitrogens with zero attached hydrogens (tertiary/aromatic N) is 2. The molecule has 3 aliphatic heterocycles. The lowest BCUT2D eigenvalue weighted by Gasteiger charge is -2.32. The molecule has 0 N–H and O–H groups in total. The molecule has 5 nitrogen and oxygen atoms in total. The van der Waals surface area contributed by atoms with Crippen molar-refractivity contribution < 1.29 is 14.3 Å². The monoisotopic (exact) mass is 378 g/mol. The van der Waals surface area contributed by atoms with Gasteiger partial charge in [0.1, 0.15) is 13.2 Å². The van der Waals surface area contributed by atoms with Crippen molar-refractivity contribution in [3.05, 3.63) is 59.2 Å². The first-order chi connectivity index (χ1) is 13.8. The Morgan fingerprint density at radius 1 is 1.00 bits per heavy atom. The Bertz CT molecular complexity index is 882. The van der Waals surface area contributed by atoms with Crippen molar-refractivity contribution in [3.8, 4) is 11.5 Å². The maximum atomic E-state index is 13.1. The van der Waals surface area contributed by atoms with Crippen molar-refractivity contribution in [3.63, 3.8) is 0 Å². The lowest BCUT2D eigenvalue weighted by atomic mass is 10.00. The molecule has 0 aliphatic carbocycles. The summed E-state index contributed by atoms with van der Waals surface area (Å²) in [5.74, 6) is 1.84. The number of amides is 1. The van der Waals surface area contributed by atoms with Crippen LogP contribution in [0.2, 0.25) is 0 Å². The SMILES string of the molecule is O=C(CN1CCc2ccccc2C1)N1CCC[C@H]1c1ccc2c(c1)OCCO2. The Morgan fingerprint density at radius 2 is 1.82 bits per heavy atom. The van der Waals surface area contributed by atoms with Crippen LogP contribution in [0.4, 0.5) is 0 Å².